The number of hydrogen-bond acceptors (Lipinski definition) is 6. The predicted molar refractivity (Wildman–Crippen MR) is 94.1 cm³/mol. The van der Waals surface area contributed by atoms with E-state index >= 15 is 0 Å². The molecule has 0 saturated carbocycles. The fraction of sp³-hybridized carbons (Fsp3) is 0.250. The summed E-state index contributed by atoms with van der Waals surface area (Å²) in [4.78, 5) is 12.9. The van der Waals surface area contributed by atoms with Crippen LogP contribution in [-0.4, -0.2) is 24.7 Å². The number of benzene rings is 1. The average Bonchev–Trinajstić information content (AvgIpc) is 2.95. The number of nitrogens with zero attached hydrogens (tertiary/aromatic N) is 5. The largest absolute Gasteiger partial charge is 0.324 e. The average molecular weight is 344 g/mol. The number of nitrogens with two attached hydrogens (primary N) is 1. The lowest BCUT2D eigenvalue weighted by atomic mass is 10.0. The Labute approximate surface area is 144 Å². The van der Waals surface area contributed by atoms with Gasteiger partial charge in [0.1, 0.15) is 6.33 Å². The summed E-state index contributed by atoms with van der Waals surface area (Å²) in [6, 6.07) is 3.71. The summed E-state index contributed by atoms with van der Waals surface area (Å²) < 4.78 is 1.70. The Morgan fingerprint density at radius 1 is 1.29 bits per heavy atom. The number of anilines is 2. The van der Waals surface area contributed by atoms with Crippen LogP contribution in [0.5, 0.6) is 0 Å². The van der Waals surface area contributed by atoms with Crippen molar-refractivity contribution in [1.29, 1.82) is 0 Å². The van der Waals surface area contributed by atoms with Crippen LogP contribution in [0.25, 0.3) is 11.4 Å². The minimum atomic E-state index is -0.133. The van der Waals surface area contributed by atoms with Crippen LogP contribution in [-0.2, 0) is 7.05 Å². The van der Waals surface area contributed by atoms with Crippen LogP contribution < -0.4 is 11.1 Å². The first-order chi connectivity index (χ1) is 11.5. The second kappa shape index (κ2) is 6.54. The molecule has 0 spiro atoms. The van der Waals surface area contributed by atoms with Crippen LogP contribution in [0.1, 0.15) is 24.1 Å². The first-order valence-electron chi connectivity index (χ1n) is 7.45. The Balaban J connectivity index is 1.95. The normalized spacial score (nSPS) is 12.2. The number of rotatable bonds is 4. The van der Waals surface area contributed by atoms with Crippen LogP contribution >= 0.6 is 11.6 Å². The van der Waals surface area contributed by atoms with Crippen LogP contribution in [0.3, 0.4) is 0 Å². The summed E-state index contributed by atoms with van der Waals surface area (Å²) in [5.41, 5.74) is 9.39. The molecule has 0 saturated heterocycles. The van der Waals surface area contributed by atoms with Gasteiger partial charge >= 0.3 is 0 Å². The summed E-state index contributed by atoms with van der Waals surface area (Å²) >= 11 is 6.44. The quantitative estimate of drug-likeness (QED) is 0.756. The zero-order valence-corrected chi connectivity index (χ0v) is 14.4. The van der Waals surface area contributed by atoms with Crippen molar-refractivity contribution < 1.29 is 0 Å². The third kappa shape index (κ3) is 3.22. The molecular formula is C16H18ClN7. The highest BCUT2D eigenvalue weighted by Gasteiger charge is 2.14. The first-order valence-corrected chi connectivity index (χ1v) is 7.83. The topological polar surface area (TPSA) is 94.5 Å². The second-order valence-electron chi connectivity index (χ2n) is 5.59. The molecule has 3 rings (SSSR count). The van der Waals surface area contributed by atoms with Crippen LogP contribution in [0.15, 0.2) is 30.9 Å². The number of hydrogen-bond donors (Lipinski definition) is 2. The second-order valence-corrected chi connectivity index (χ2v) is 5.97. The van der Waals surface area contributed by atoms with Crippen molar-refractivity contribution in [2.24, 2.45) is 12.8 Å². The molecular weight excluding hydrogens is 326 g/mol. The molecule has 0 radical (unpaired) electrons. The predicted octanol–water partition coefficient (Wildman–Crippen LogP) is 3.00. The van der Waals surface area contributed by atoms with Gasteiger partial charge < -0.3 is 11.1 Å². The molecule has 1 atom stereocenters. The van der Waals surface area contributed by atoms with Gasteiger partial charge in [-0.1, -0.05) is 23.7 Å². The van der Waals surface area contributed by atoms with E-state index in [2.05, 4.69) is 25.4 Å². The van der Waals surface area contributed by atoms with Gasteiger partial charge in [-0.05, 0) is 25.0 Å². The van der Waals surface area contributed by atoms with E-state index in [9.17, 15) is 0 Å². The molecule has 7 nitrogen and oxygen atoms in total. The van der Waals surface area contributed by atoms with Gasteiger partial charge in [-0.2, -0.15) is 10.1 Å². The molecule has 1 aromatic carbocycles. The van der Waals surface area contributed by atoms with Crippen LogP contribution in [0.4, 0.5) is 11.6 Å². The molecule has 24 heavy (non-hydrogen) atoms. The molecule has 0 amide bonds. The third-order valence-electron chi connectivity index (χ3n) is 3.68. The van der Waals surface area contributed by atoms with Crippen molar-refractivity contribution in [3.8, 4) is 11.4 Å². The highest BCUT2D eigenvalue weighted by molar-refractivity contribution is 6.32. The highest BCUT2D eigenvalue weighted by atomic mass is 35.5. The summed E-state index contributed by atoms with van der Waals surface area (Å²) in [5, 5.41) is 7.84. The van der Waals surface area contributed by atoms with E-state index in [1.807, 2.05) is 39.2 Å². The SMILES string of the molecule is Cc1c(-c2ncnc(Nc3cnn(C)c3)n2)ccc([C@@H](C)N)c1Cl. The van der Waals surface area contributed by atoms with Crippen molar-refractivity contribution >= 4 is 23.2 Å². The van der Waals surface area contributed by atoms with Crippen molar-refractivity contribution in [3.05, 3.63) is 47.0 Å². The molecule has 3 N–H and O–H groups in total. The fourth-order valence-corrected chi connectivity index (χ4v) is 2.74. The van der Waals surface area contributed by atoms with E-state index in [4.69, 9.17) is 17.3 Å². The molecule has 0 aliphatic carbocycles. The third-order valence-corrected chi connectivity index (χ3v) is 4.18. The van der Waals surface area contributed by atoms with E-state index in [0.717, 1.165) is 22.4 Å². The van der Waals surface area contributed by atoms with E-state index in [1.54, 1.807) is 10.9 Å². The van der Waals surface area contributed by atoms with E-state index < -0.39 is 0 Å². The van der Waals surface area contributed by atoms with Crippen molar-refractivity contribution in [2.45, 2.75) is 19.9 Å². The number of halogens is 1. The van der Waals surface area contributed by atoms with Gasteiger partial charge in [-0.3, -0.25) is 4.68 Å². The Bertz CT molecular complexity index is 873. The molecule has 3 aromatic rings. The summed E-state index contributed by atoms with van der Waals surface area (Å²) in [5.74, 6) is 0.992. The monoisotopic (exact) mass is 343 g/mol. The smallest absolute Gasteiger partial charge is 0.230 e. The van der Waals surface area contributed by atoms with Gasteiger partial charge in [0.25, 0.3) is 0 Å². The molecule has 0 fully saturated rings. The minimum absolute atomic E-state index is 0.133. The minimum Gasteiger partial charge on any atom is -0.324 e. The Kier molecular flexibility index (Phi) is 4.46. The highest BCUT2D eigenvalue weighted by Crippen LogP contribution is 2.32. The van der Waals surface area contributed by atoms with Crippen LogP contribution in [0, 0.1) is 6.92 Å². The van der Waals surface area contributed by atoms with Gasteiger partial charge in [0.05, 0.1) is 11.9 Å². The summed E-state index contributed by atoms with van der Waals surface area (Å²) in [6.07, 6.45) is 5.00. The summed E-state index contributed by atoms with van der Waals surface area (Å²) in [6.45, 7) is 3.83. The maximum Gasteiger partial charge on any atom is 0.230 e. The van der Waals surface area contributed by atoms with Crippen LogP contribution in [0.2, 0.25) is 5.02 Å². The van der Waals surface area contributed by atoms with Gasteiger partial charge in [0.15, 0.2) is 5.82 Å². The molecule has 124 valence electrons. The standard InChI is InChI=1S/C16H18ClN7/c1-9-12(4-5-13(10(2)18)14(9)17)15-19-8-20-16(23-15)22-11-6-21-24(3)7-11/h4-8,10H,18H2,1-3H3,(H,19,20,22,23)/t10-/m1/s1. The summed E-state index contributed by atoms with van der Waals surface area (Å²) in [7, 11) is 1.84. The maximum atomic E-state index is 6.44. The first kappa shape index (κ1) is 16.4. The van der Waals surface area contributed by atoms with Gasteiger partial charge in [0.2, 0.25) is 5.95 Å². The number of aromatic nitrogens is 5. The fourth-order valence-electron chi connectivity index (χ4n) is 2.40. The van der Waals surface area contributed by atoms with Crippen molar-refractivity contribution in [3.63, 3.8) is 0 Å². The van der Waals surface area contributed by atoms with Gasteiger partial charge in [0, 0.05) is 29.9 Å². The molecule has 0 bridgehead atoms. The Morgan fingerprint density at radius 3 is 2.75 bits per heavy atom. The molecule has 0 aliphatic rings. The number of aryl methyl sites for hydroxylation is 1. The number of nitrogens with one attached hydrogen (secondary N) is 1. The zero-order valence-electron chi connectivity index (χ0n) is 13.7. The van der Waals surface area contributed by atoms with Gasteiger partial charge in [-0.25, -0.2) is 9.97 Å². The molecule has 0 unspecified atom stereocenters. The van der Waals surface area contributed by atoms with E-state index in [-0.39, 0.29) is 6.04 Å². The Morgan fingerprint density at radius 2 is 2.08 bits per heavy atom. The van der Waals surface area contributed by atoms with Crippen molar-refractivity contribution in [2.75, 3.05) is 5.32 Å². The molecule has 2 aromatic heterocycles. The van der Waals surface area contributed by atoms with Gasteiger partial charge in [-0.15, -0.1) is 0 Å². The lowest BCUT2D eigenvalue weighted by Crippen LogP contribution is -2.07. The zero-order chi connectivity index (χ0) is 17.3. The van der Waals surface area contributed by atoms with E-state index in [0.29, 0.717) is 16.8 Å². The molecule has 8 heteroatoms. The Hall–Kier alpha value is -2.51. The molecule has 2 heterocycles. The lowest BCUT2D eigenvalue weighted by Gasteiger charge is -2.13. The maximum absolute atomic E-state index is 6.44. The van der Waals surface area contributed by atoms with E-state index in [1.165, 1.54) is 6.33 Å². The van der Waals surface area contributed by atoms with Crippen molar-refractivity contribution in [1.82, 2.24) is 24.7 Å². The molecule has 0 aliphatic heterocycles. The lowest BCUT2D eigenvalue weighted by molar-refractivity contribution is 0.768.